The molecule has 0 saturated carbocycles. The number of methoxy groups -OCH3 is 2. The van der Waals surface area contributed by atoms with Gasteiger partial charge in [-0.3, -0.25) is 9.69 Å². The summed E-state index contributed by atoms with van der Waals surface area (Å²) in [5.74, 6) is 0.987. The van der Waals surface area contributed by atoms with E-state index in [-0.39, 0.29) is 12.5 Å². The molecule has 3 aromatic carbocycles. The van der Waals surface area contributed by atoms with E-state index >= 15 is 0 Å². The number of nitrogens with zero attached hydrogens (tertiary/aromatic N) is 1. The highest BCUT2D eigenvalue weighted by molar-refractivity contribution is 9.10. The number of carbonyl (C=O) groups excluding carboxylic acids is 2. The van der Waals surface area contributed by atoms with Gasteiger partial charge in [-0.05, 0) is 53.1 Å². The second-order valence-electron chi connectivity index (χ2n) is 7.16. The molecule has 0 bridgehead atoms. The molecule has 1 aliphatic heterocycles. The van der Waals surface area contributed by atoms with Gasteiger partial charge in [0.1, 0.15) is 11.5 Å². The van der Waals surface area contributed by atoms with Crippen molar-refractivity contribution in [2.45, 2.75) is 12.1 Å². The fourth-order valence-electron chi connectivity index (χ4n) is 3.78. The molecule has 1 aliphatic rings. The van der Waals surface area contributed by atoms with E-state index in [2.05, 4.69) is 21.2 Å². The first-order chi connectivity index (χ1) is 15.0. The number of carbonyl (C=O) groups is 2. The lowest BCUT2D eigenvalue weighted by Crippen LogP contribution is -2.45. The second kappa shape index (κ2) is 8.43. The molecule has 1 N–H and O–H groups in total. The van der Waals surface area contributed by atoms with Crippen molar-refractivity contribution in [1.29, 1.82) is 0 Å². The minimum Gasteiger partial charge on any atom is -0.497 e. The molecule has 31 heavy (non-hydrogen) atoms. The smallest absolute Gasteiger partial charge is 0.325 e. The first kappa shape index (κ1) is 20.9. The minimum atomic E-state index is -1.35. The lowest BCUT2D eigenvalue weighted by atomic mass is 9.82. The van der Waals surface area contributed by atoms with Crippen LogP contribution in [0.4, 0.5) is 4.79 Å². The van der Waals surface area contributed by atoms with Crippen molar-refractivity contribution in [3.8, 4) is 11.5 Å². The number of halogens is 1. The van der Waals surface area contributed by atoms with Crippen LogP contribution in [0, 0.1) is 0 Å². The second-order valence-corrected chi connectivity index (χ2v) is 8.07. The molecule has 0 unspecified atom stereocenters. The Morgan fingerprint density at radius 1 is 0.871 bits per heavy atom. The lowest BCUT2D eigenvalue weighted by molar-refractivity contribution is -0.130. The van der Waals surface area contributed by atoms with Crippen LogP contribution in [-0.4, -0.2) is 31.1 Å². The van der Waals surface area contributed by atoms with Crippen LogP contribution in [0.2, 0.25) is 0 Å². The van der Waals surface area contributed by atoms with Crippen molar-refractivity contribution in [2.75, 3.05) is 14.2 Å². The average molecular weight is 481 g/mol. The van der Waals surface area contributed by atoms with E-state index in [0.717, 1.165) is 10.0 Å². The molecule has 0 aliphatic carbocycles. The van der Waals surface area contributed by atoms with Crippen LogP contribution in [0.1, 0.15) is 16.7 Å². The van der Waals surface area contributed by atoms with Crippen molar-refractivity contribution < 1.29 is 19.1 Å². The maximum atomic E-state index is 13.8. The van der Waals surface area contributed by atoms with Gasteiger partial charge >= 0.3 is 6.03 Å². The fraction of sp³-hybridized carbons (Fsp3) is 0.167. The minimum absolute atomic E-state index is 0.165. The van der Waals surface area contributed by atoms with Crippen molar-refractivity contribution in [3.63, 3.8) is 0 Å². The lowest BCUT2D eigenvalue weighted by Gasteiger charge is -2.28. The number of rotatable bonds is 6. The summed E-state index contributed by atoms with van der Waals surface area (Å²) in [6, 6.07) is 21.4. The molecule has 1 heterocycles. The predicted octanol–water partition coefficient (Wildman–Crippen LogP) is 4.46. The number of urea groups is 1. The standard InChI is InChI=1S/C24H21BrN2O4/c1-30-20-10-6-17(7-11-20)24(18-8-12-21(31-2)13-9-18)22(28)27(23(29)26-24)15-16-4-3-5-19(25)14-16/h3-14H,15H2,1-2H3,(H,26,29). The highest BCUT2D eigenvalue weighted by Gasteiger charge is 2.53. The number of hydrogen-bond donors (Lipinski definition) is 1. The summed E-state index contributed by atoms with van der Waals surface area (Å²) in [6.45, 7) is 0.165. The molecular formula is C24H21BrN2O4. The van der Waals surface area contributed by atoms with Crippen molar-refractivity contribution in [2.24, 2.45) is 0 Å². The highest BCUT2D eigenvalue weighted by Crippen LogP contribution is 2.38. The van der Waals surface area contributed by atoms with Gasteiger partial charge in [-0.25, -0.2) is 4.79 Å². The van der Waals surface area contributed by atoms with E-state index in [1.165, 1.54) is 4.90 Å². The first-order valence-electron chi connectivity index (χ1n) is 9.65. The Kier molecular flexibility index (Phi) is 5.69. The third kappa shape index (κ3) is 3.77. The molecule has 7 heteroatoms. The molecule has 0 atom stereocenters. The number of benzene rings is 3. The van der Waals surface area contributed by atoms with Gasteiger partial charge < -0.3 is 14.8 Å². The average Bonchev–Trinajstić information content (AvgIpc) is 3.05. The van der Waals surface area contributed by atoms with Gasteiger partial charge in [0.05, 0.1) is 20.8 Å². The Hall–Kier alpha value is -3.32. The van der Waals surface area contributed by atoms with Gasteiger partial charge in [0.2, 0.25) is 0 Å². The van der Waals surface area contributed by atoms with Gasteiger partial charge in [-0.2, -0.15) is 0 Å². The van der Waals surface area contributed by atoms with Crippen LogP contribution >= 0.6 is 15.9 Å². The summed E-state index contributed by atoms with van der Waals surface area (Å²) in [6.07, 6.45) is 0. The molecule has 1 saturated heterocycles. The zero-order chi connectivity index (χ0) is 22.0. The van der Waals surface area contributed by atoms with Crippen LogP contribution in [0.5, 0.6) is 11.5 Å². The zero-order valence-corrected chi connectivity index (χ0v) is 18.7. The predicted molar refractivity (Wildman–Crippen MR) is 120 cm³/mol. The van der Waals surface area contributed by atoms with E-state index in [0.29, 0.717) is 22.6 Å². The van der Waals surface area contributed by atoms with E-state index in [1.54, 1.807) is 62.8 Å². The van der Waals surface area contributed by atoms with Gasteiger partial charge in [-0.15, -0.1) is 0 Å². The maximum Gasteiger partial charge on any atom is 0.325 e. The molecule has 3 amide bonds. The van der Waals surface area contributed by atoms with Crippen LogP contribution < -0.4 is 14.8 Å². The Bertz CT molecular complexity index is 1070. The SMILES string of the molecule is COc1ccc(C2(c3ccc(OC)cc3)NC(=O)N(Cc3cccc(Br)c3)C2=O)cc1. The summed E-state index contributed by atoms with van der Waals surface area (Å²) < 4.78 is 11.4. The summed E-state index contributed by atoms with van der Waals surface area (Å²) >= 11 is 3.44. The monoisotopic (exact) mass is 480 g/mol. The van der Waals surface area contributed by atoms with Crippen LogP contribution in [0.15, 0.2) is 77.3 Å². The van der Waals surface area contributed by atoms with Crippen molar-refractivity contribution in [1.82, 2.24) is 10.2 Å². The molecule has 0 radical (unpaired) electrons. The normalized spacial score (nSPS) is 15.0. The summed E-state index contributed by atoms with van der Waals surface area (Å²) in [4.78, 5) is 28.1. The number of amides is 3. The fourth-order valence-corrected chi connectivity index (χ4v) is 4.22. The zero-order valence-electron chi connectivity index (χ0n) is 17.1. The van der Waals surface area contributed by atoms with Gasteiger partial charge in [0, 0.05) is 4.47 Å². The van der Waals surface area contributed by atoms with Gasteiger partial charge in [0.25, 0.3) is 5.91 Å². The highest BCUT2D eigenvalue weighted by atomic mass is 79.9. The molecule has 0 spiro atoms. The van der Waals surface area contributed by atoms with Gasteiger partial charge in [0.15, 0.2) is 5.54 Å². The van der Waals surface area contributed by atoms with E-state index < -0.39 is 11.6 Å². The molecule has 4 rings (SSSR count). The molecule has 6 nitrogen and oxygen atoms in total. The van der Waals surface area contributed by atoms with Crippen LogP contribution in [-0.2, 0) is 16.9 Å². The summed E-state index contributed by atoms with van der Waals surface area (Å²) in [5, 5.41) is 2.95. The summed E-state index contributed by atoms with van der Waals surface area (Å²) in [5.41, 5.74) is 0.794. The first-order valence-corrected chi connectivity index (χ1v) is 10.4. The summed E-state index contributed by atoms with van der Waals surface area (Å²) in [7, 11) is 3.16. The Morgan fingerprint density at radius 3 is 1.90 bits per heavy atom. The molecule has 3 aromatic rings. The van der Waals surface area contributed by atoms with E-state index in [4.69, 9.17) is 9.47 Å². The third-order valence-electron chi connectivity index (χ3n) is 5.38. The van der Waals surface area contributed by atoms with Crippen molar-refractivity contribution in [3.05, 3.63) is 94.0 Å². The largest absolute Gasteiger partial charge is 0.497 e. The maximum absolute atomic E-state index is 13.8. The molecule has 0 aromatic heterocycles. The number of ether oxygens (including phenoxy) is 2. The van der Waals surface area contributed by atoms with E-state index in [9.17, 15) is 9.59 Å². The Morgan fingerprint density at radius 2 is 1.42 bits per heavy atom. The Labute approximate surface area is 188 Å². The third-order valence-corrected chi connectivity index (χ3v) is 5.87. The van der Waals surface area contributed by atoms with Crippen LogP contribution in [0.3, 0.4) is 0 Å². The molecule has 158 valence electrons. The molecular weight excluding hydrogens is 460 g/mol. The molecule has 1 fully saturated rings. The number of nitrogens with one attached hydrogen (secondary N) is 1. The topological polar surface area (TPSA) is 67.9 Å². The number of hydrogen-bond acceptors (Lipinski definition) is 4. The van der Waals surface area contributed by atoms with Gasteiger partial charge in [-0.1, -0.05) is 52.3 Å². The Balaban J connectivity index is 1.80. The number of imide groups is 1. The van der Waals surface area contributed by atoms with Crippen molar-refractivity contribution >= 4 is 27.9 Å². The quantitative estimate of drug-likeness (QED) is 0.528. The van der Waals surface area contributed by atoms with Crippen LogP contribution in [0.25, 0.3) is 0 Å². The van der Waals surface area contributed by atoms with E-state index in [1.807, 2.05) is 24.3 Å².